The molecule has 1 saturated carbocycles. The number of fused-ring (bicyclic) bond motifs is 1. The van der Waals surface area contributed by atoms with Gasteiger partial charge in [-0.25, -0.2) is 0 Å². The smallest absolute Gasteiger partial charge is 0.0543 e. The summed E-state index contributed by atoms with van der Waals surface area (Å²) in [6.45, 7) is 1.00. The van der Waals surface area contributed by atoms with Gasteiger partial charge in [-0.1, -0.05) is 30.7 Å². The number of benzene rings is 1. The summed E-state index contributed by atoms with van der Waals surface area (Å²) >= 11 is 0. The zero-order valence-electron chi connectivity index (χ0n) is 11.4. The van der Waals surface area contributed by atoms with Crippen molar-refractivity contribution in [1.82, 2.24) is 5.32 Å². The third-order valence-corrected chi connectivity index (χ3v) is 4.67. The Hall–Kier alpha value is -0.900. The number of rotatable bonds is 3. The van der Waals surface area contributed by atoms with E-state index in [-0.39, 0.29) is 12.1 Å². The third kappa shape index (κ3) is 2.83. The van der Waals surface area contributed by atoms with E-state index >= 15 is 0 Å². The van der Waals surface area contributed by atoms with Gasteiger partial charge in [0.2, 0.25) is 0 Å². The van der Waals surface area contributed by atoms with Gasteiger partial charge >= 0.3 is 0 Å². The maximum atomic E-state index is 9.72. The van der Waals surface area contributed by atoms with Crippen molar-refractivity contribution in [1.29, 1.82) is 0 Å². The molecule has 0 radical (unpaired) electrons. The normalized spacial score (nSPS) is 34.2. The molecule has 4 N–H and O–H groups in total. The van der Waals surface area contributed by atoms with E-state index in [1.807, 2.05) is 0 Å². The Bertz CT molecular complexity index is 435. The van der Waals surface area contributed by atoms with Gasteiger partial charge < -0.3 is 16.2 Å². The van der Waals surface area contributed by atoms with Crippen LogP contribution in [0.4, 0.5) is 0 Å². The van der Waals surface area contributed by atoms with Gasteiger partial charge in [-0.15, -0.1) is 0 Å². The molecule has 1 aromatic carbocycles. The van der Waals surface area contributed by atoms with Crippen LogP contribution in [-0.2, 0) is 0 Å². The zero-order valence-corrected chi connectivity index (χ0v) is 11.4. The van der Waals surface area contributed by atoms with E-state index in [1.54, 1.807) is 0 Å². The van der Waals surface area contributed by atoms with Crippen LogP contribution in [0.15, 0.2) is 24.3 Å². The van der Waals surface area contributed by atoms with Gasteiger partial charge in [0.1, 0.15) is 0 Å². The van der Waals surface area contributed by atoms with Crippen LogP contribution in [0.3, 0.4) is 0 Å². The zero-order chi connectivity index (χ0) is 13.2. The summed E-state index contributed by atoms with van der Waals surface area (Å²) in [6.07, 6.45) is 5.24. The van der Waals surface area contributed by atoms with E-state index in [0.29, 0.717) is 12.0 Å². The van der Waals surface area contributed by atoms with Crippen LogP contribution in [0.1, 0.15) is 55.3 Å². The molecule has 1 aromatic rings. The molecule has 3 heteroatoms. The predicted octanol–water partition coefficient (Wildman–Crippen LogP) is 2.27. The van der Waals surface area contributed by atoms with Crippen molar-refractivity contribution < 1.29 is 5.11 Å². The Balaban J connectivity index is 1.59. The predicted molar refractivity (Wildman–Crippen MR) is 76.7 cm³/mol. The third-order valence-electron chi connectivity index (χ3n) is 4.67. The number of aliphatic hydroxyl groups is 1. The molecule has 2 aliphatic rings. The molecule has 0 spiro atoms. The molecule has 2 aliphatic carbocycles. The molecule has 0 bridgehead atoms. The van der Waals surface area contributed by atoms with E-state index < -0.39 is 0 Å². The first-order valence-electron chi connectivity index (χ1n) is 7.50. The number of hydrogen-bond donors (Lipinski definition) is 3. The highest BCUT2D eigenvalue weighted by Crippen LogP contribution is 2.37. The second-order valence-electron chi connectivity index (χ2n) is 6.12. The SMILES string of the molecule is NC1CC(NCC2CCCC(O)C2)c2ccccc21. The number of aliphatic hydroxyl groups excluding tert-OH is 1. The molecule has 4 atom stereocenters. The first kappa shape index (κ1) is 13.1. The minimum absolute atomic E-state index is 0.0846. The number of hydrogen-bond acceptors (Lipinski definition) is 3. The van der Waals surface area contributed by atoms with Crippen LogP contribution in [0.2, 0.25) is 0 Å². The van der Waals surface area contributed by atoms with Crippen molar-refractivity contribution >= 4 is 0 Å². The Kier molecular flexibility index (Phi) is 3.87. The van der Waals surface area contributed by atoms with Crippen LogP contribution in [0.25, 0.3) is 0 Å². The number of nitrogens with one attached hydrogen (secondary N) is 1. The molecule has 0 heterocycles. The molecule has 0 aromatic heterocycles. The van der Waals surface area contributed by atoms with Gasteiger partial charge in [-0.2, -0.15) is 0 Å². The van der Waals surface area contributed by atoms with E-state index in [2.05, 4.69) is 29.6 Å². The summed E-state index contributed by atoms with van der Waals surface area (Å²) in [5, 5.41) is 13.4. The molecule has 0 amide bonds. The van der Waals surface area contributed by atoms with Gasteiger partial charge in [-0.3, -0.25) is 0 Å². The summed E-state index contributed by atoms with van der Waals surface area (Å²) in [4.78, 5) is 0. The maximum Gasteiger partial charge on any atom is 0.0543 e. The van der Waals surface area contributed by atoms with Gasteiger partial charge in [0.15, 0.2) is 0 Å². The first-order chi connectivity index (χ1) is 9.24. The molecule has 4 unspecified atom stereocenters. The Morgan fingerprint density at radius 3 is 2.74 bits per heavy atom. The molecule has 0 saturated heterocycles. The molecule has 104 valence electrons. The minimum Gasteiger partial charge on any atom is -0.393 e. The lowest BCUT2D eigenvalue weighted by atomic mass is 9.87. The summed E-state index contributed by atoms with van der Waals surface area (Å²) < 4.78 is 0. The van der Waals surface area contributed by atoms with Crippen molar-refractivity contribution in [3.63, 3.8) is 0 Å². The van der Waals surface area contributed by atoms with Crippen LogP contribution in [0.5, 0.6) is 0 Å². The lowest BCUT2D eigenvalue weighted by Crippen LogP contribution is -2.31. The van der Waals surface area contributed by atoms with E-state index in [4.69, 9.17) is 5.73 Å². The van der Waals surface area contributed by atoms with Crippen LogP contribution in [0, 0.1) is 5.92 Å². The van der Waals surface area contributed by atoms with Gasteiger partial charge in [0, 0.05) is 12.1 Å². The van der Waals surface area contributed by atoms with Crippen molar-refractivity contribution in [2.45, 2.75) is 50.3 Å². The summed E-state index contributed by atoms with van der Waals surface area (Å²) in [7, 11) is 0. The molecule has 1 fully saturated rings. The molecule has 0 aliphatic heterocycles. The van der Waals surface area contributed by atoms with Gasteiger partial charge in [-0.05, 0) is 49.3 Å². The van der Waals surface area contributed by atoms with Crippen molar-refractivity contribution in [3.05, 3.63) is 35.4 Å². The summed E-state index contributed by atoms with van der Waals surface area (Å²) in [5.41, 5.74) is 8.85. The molecule has 19 heavy (non-hydrogen) atoms. The first-order valence-corrected chi connectivity index (χ1v) is 7.50. The molecular formula is C16H24N2O. The largest absolute Gasteiger partial charge is 0.393 e. The van der Waals surface area contributed by atoms with Crippen molar-refractivity contribution in [3.8, 4) is 0 Å². The fourth-order valence-electron chi connectivity index (χ4n) is 3.62. The second kappa shape index (κ2) is 5.61. The highest BCUT2D eigenvalue weighted by Gasteiger charge is 2.29. The average molecular weight is 260 g/mol. The fraction of sp³-hybridized carbons (Fsp3) is 0.625. The highest BCUT2D eigenvalue weighted by atomic mass is 16.3. The van der Waals surface area contributed by atoms with E-state index in [0.717, 1.165) is 32.2 Å². The summed E-state index contributed by atoms with van der Waals surface area (Å²) in [6, 6.07) is 9.06. The molecule has 3 rings (SSSR count). The topological polar surface area (TPSA) is 58.3 Å². The van der Waals surface area contributed by atoms with Crippen molar-refractivity contribution in [2.24, 2.45) is 11.7 Å². The molecular weight excluding hydrogens is 236 g/mol. The fourth-order valence-corrected chi connectivity index (χ4v) is 3.62. The summed E-state index contributed by atoms with van der Waals surface area (Å²) in [5.74, 6) is 0.618. The van der Waals surface area contributed by atoms with Gasteiger partial charge in [0.25, 0.3) is 0 Å². The second-order valence-corrected chi connectivity index (χ2v) is 6.12. The maximum absolute atomic E-state index is 9.72. The lowest BCUT2D eigenvalue weighted by molar-refractivity contribution is 0.0995. The van der Waals surface area contributed by atoms with Crippen molar-refractivity contribution in [2.75, 3.05) is 6.54 Å². The van der Waals surface area contributed by atoms with Gasteiger partial charge in [0.05, 0.1) is 6.10 Å². The minimum atomic E-state index is -0.0846. The average Bonchev–Trinajstić information content (AvgIpc) is 2.74. The molecule has 3 nitrogen and oxygen atoms in total. The van der Waals surface area contributed by atoms with E-state index in [9.17, 15) is 5.11 Å². The standard InChI is InChI=1S/C16H24N2O/c17-15-9-16(14-7-2-1-6-13(14)15)18-10-11-4-3-5-12(19)8-11/h1-2,6-7,11-12,15-16,18-19H,3-5,8-10,17H2. The quantitative estimate of drug-likeness (QED) is 0.781. The Morgan fingerprint density at radius 2 is 1.95 bits per heavy atom. The Labute approximate surface area is 115 Å². The van der Waals surface area contributed by atoms with Crippen LogP contribution >= 0.6 is 0 Å². The highest BCUT2D eigenvalue weighted by molar-refractivity contribution is 5.37. The van der Waals surface area contributed by atoms with Crippen LogP contribution in [-0.4, -0.2) is 17.8 Å². The Morgan fingerprint density at radius 1 is 1.16 bits per heavy atom. The number of nitrogens with two attached hydrogens (primary N) is 1. The monoisotopic (exact) mass is 260 g/mol. The van der Waals surface area contributed by atoms with Crippen LogP contribution < -0.4 is 11.1 Å². The lowest BCUT2D eigenvalue weighted by Gasteiger charge is -2.27. The van der Waals surface area contributed by atoms with E-state index in [1.165, 1.54) is 17.5 Å².